The van der Waals surface area contributed by atoms with Crippen LogP contribution in [0.4, 0.5) is 11.4 Å². The monoisotopic (exact) mass is 410 g/mol. The van der Waals surface area contributed by atoms with Crippen molar-refractivity contribution in [3.63, 3.8) is 0 Å². The number of aryl methyl sites for hydroxylation is 1. The Balaban J connectivity index is 0.00000205. The predicted octanol–water partition coefficient (Wildman–Crippen LogP) is 4.70. The van der Waals surface area contributed by atoms with Crippen molar-refractivity contribution < 1.29 is 0 Å². The van der Waals surface area contributed by atoms with Crippen LogP contribution < -0.4 is 10.2 Å². The number of anilines is 2. The minimum absolute atomic E-state index is 0. The Labute approximate surface area is 179 Å². The van der Waals surface area contributed by atoms with Crippen LogP contribution in [0.3, 0.4) is 0 Å². The van der Waals surface area contributed by atoms with Crippen molar-refractivity contribution in [1.29, 1.82) is 0 Å². The molecule has 2 aromatic carbocycles. The van der Waals surface area contributed by atoms with E-state index in [2.05, 4.69) is 68.8 Å². The highest BCUT2D eigenvalue weighted by molar-refractivity contribution is 5.85. The summed E-state index contributed by atoms with van der Waals surface area (Å²) in [6.45, 7) is 6.94. The van der Waals surface area contributed by atoms with E-state index in [4.69, 9.17) is 0 Å². The highest BCUT2D eigenvalue weighted by atomic mass is 35.5. The number of hydrogen-bond acceptors (Lipinski definition) is 3. The lowest BCUT2D eigenvalue weighted by molar-refractivity contribution is 0.255. The van der Waals surface area contributed by atoms with Gasteiger partial charge in [0.2, 0.25) is 0 Å². The van der Waals surface area contributed by atoms with E-state index in [1.165, 1.54) is 72.3 Å². The molecular weight excluding hydrogens is 380 g/mol. The van der Waals surface area contributed by atoms with Crippen molar-refractivity contribution in [2.45, 2.75) is 25.7 Å². The van der Waals surface area contributed by atoms with Crippen molar-refractivity contribution in [2.24, 2.45) is 0 Å². The molecule has 0 unspecified atom stereocenters. The Hall–Kier alpha value is -2.17. The fraction of sp³-hybridized carbons (Fsp3) is 0.417. The summed E-state index contributed by atoms with van der Waals surface area (Å²) in [7, 11) is 0. The molecule has 0 bridgehead atoms. The summed E-state index contributed by atoms with van der Waals surface area (Å²) in [5.41, 5.74) is 7.05. The fourth-order valence-electron chi connectivity index (χ4n) is 4.83. The molecule has 4 nitrogen and oxygen atoms in total. The molecule has 29 heavy (non-hydrogen) atoms. The summed E-state index contributed by atoms with van der Waals surface area (Å²) in [5.74, 6) is 0. The molecule has 5 rings (SSSR count). The molecule has 1 fully saturated rings. The lowest BCUT2D eigenvalue weighted by atomic mass is 10.00. The van der Waals surface area contributed by atoms with Gasteiger partial charge in [0, 0.05) is 61.2 Å². The number of hydrogen-bond donors (Lipinski definition) is 2. The first kappa shape index (κ1) is 20.1. The van der Waals surface area contributed by atoms with Crippen molar-refractivity contribution >= 4 is 34.7 Å². The maximum absolute atomic E-state index is 3.57. The van der Waals surface area contributed by atoms with Crippen molar-refractivity contribution in [3.8, 4) is 0 Å². The van der Waals surface area contributed by atoms with Gasteiger partial charge in [0.15, 0.2) is 0 Å². The van der Waals surface area contributed by atoms with Gasteiger partial charge in [-0.1, -0.05) is 24.3 Å². The van der Waals surface area contributed by atoms with Crippen LogP contribution in [0.1, 0.15) is 24.0 Å². The topological polar surface area (TPSA) is 34.3 Å². The Bertz CT molecular complexity index is 943. The van der Waals surface area contributed by atoms with E-state index in [0.29, 0.717) is 0 Å². The summed E-state index contributed by atoms with van der Waals surface area (Å²) < 4.78 is 0. The van der Waals surface area contributed by atoms with Crippen LogP contribution in [0, 0.1) is 0 Å². The number of rotatable bonds is 5. The second-order valence-electron chi connectivity index (χ2n) is 8.13. The third kappa shape index (κ3) is 4.24. The van der Waals surface area contributed by atoms with E-state index in [1.54, 1.807) is 0 Å². The number of para-hydroxylation sites is 1. The molecule has 0 amide bonds. The fourth-order valence-corrected chi connectivity index (χ4v) is 4.83. The molecule has 2 aliphatic heterocycles. The Morgan fingerprint density at radius 3 is 2.69 bits per heavy atom. The zero-order valence-electron chi connectivity index (χ0n) is 17.0. The van der Waals surface area contributed by atoms with E-state index >= 15 is 0 Å². The smallest absolute Gasteiger partial charge is 0.0456 e. The van der Waals surface area contributed by atoms with Crippen LogP contribution in [-0.2, 0) is 12.8 Å². The molecule has 2 N–H and O–H groups in total. The molecule has 1 aromatic heterocycles. The number of nitrogens with zero attached hydrogens (tertiary/aromatic N) is 2. The van der Waals surface area contributed by atoms with E-state index in [9.17, 15) is 0 Å². The van der Waals surface area contributed by atoms with Gasteiger partial charge < -0.3 is 15.2 Å². The van der Waals surface area contributed by atoms with Crippen molar-refractivity contribution in [3.05, 3.63) is 59.8 Å². The molecular formula is C24H31ClN4. The van der Waals surface area contributed by atoms with Gasteiger partial charge in [0.25, 0.3) is 0 Å². The Kier molecular flexibility index (Phi) is 6.31. The summed E-state index contributed by atoms with van der Waals surface area (Å²) in [6.07, 6.45) is 7.03. The zero-order valence-corrected chi connectivity index (χ0v) is 17.8. The molecule has 0 saturated carbocycles. The number of halogens is 1. The molecule has 2 aliphatic rings. The van der Waals surface area contributed by atoms with Crippen LogP contribution in [-0.4, -0.2) is 49.2 Å². The molecule has 154 valence electrons. The average Bonchev–Trinajstić information content (AvgIpc) is 3.17. The molecule has 0 radical (unpaired) electrons. The van der Waals surface area contributed by atoms with Gasteiger partial charge >= 0.3 is 0 Å². The van der Waals surface area contributed by atoms with Gasteiger partial charge in [-0.25, -0.2) is 0 Å². The van der Waals surface area contributed by atoms with Gasteiger partial charge in [-0.15, -0.1) is 12.4 Å². The first-order valence-corrected chi connectivity index (χ1v) is 10.8. The first-order chi connectivity index (χ1) is 13.9. The number of benzene rings is 2. The normalized spacial score (nSPS) is 16.9. The van der Waals surface area contributed by atoms with Crippen LogP contribution in [0.15, 0.2) is 48.7 Å². The third-order valence-corrected chi connectivity index (χ3v) is 6.38. The minimum Gasteiger partial charge on any atom is -0.385 e. The van der Waals surface area contributed by atoms with Gasteiger partial charge in [-0.3, -0.25) is 4.90 Å². The zero-order chi connectivity index (χ0) is 18.8. The number of H-pyrrole nitrogens is 1. The molecule has 0 aliphatic carbocycles. The summed E-state index contributed by atoms with van der Waals surface area (Å²) >= 11 is 0. The number of fused-ring (bicyclic) bond motifs is 2. The molecule has 3 aromatic rings. The number of aromatic nitrogens is 1. The molecule has 5 heteroatoms. The maximum Gasteiger partial charge on any atom is 0.0456 e. The lowest BCUT2D eigenvalue weighted by Gasteiger charge is -2.38. The number of nitrogens with one attached hydrogen (secondary N) is 2. The van der Waals surface area contributed by atoms with Crippen molar-refractivity contribution in [1.82, 2.24) is 9.88 Å². The van der Waals surface area contributed by atoms with Gasteiger partial charge in [0.05, 0.1) is 0 Å². The average molecular weight is 411 g/mol. The predicted molar refractivity (Wildman–Crippen MR) is 126 cm³/mol. The van der Waals surface area contributed by atoms with E-state index in [-0.39, 0.29) is 12.4 Å². The number of piperazine rings is 1. The van der Waals surface area contributed by atoms with Crippen LogP contribution in [0.2, 0.25) is 0 Å². The van der Waals surface area contributed by atoms with E-state index < -0.39 is 0 Å². The highest BCUT2D eigenvalue weighted by Gasteiger charge is 2.21. The summed E-state index contributed by atoms with van der Waals surface area (Å²) in [6, 6.07) is 15.4. The molecule has 0 spiro atoms. The summed E-state index contributed by atoms with van der Waals surface area (Å²) in [4.78, 5) is 8.64. The molecule has 3 heterocycles. The van der Waals surface area contributed by atoms with E-state index in [0.717, 1.165) is 26.1 Å². The Morgan fingerprint density at radius 2 is 1.79 bits per heavy atom. The lowest BCUT2D eigenvalue weighted by Crippen LogP contribution is -2.47. The van der Waals surface area contributed by atoms with Crippen LogP contribution in [0.5, 0.6) is 0 Å². The van der Waals surface area contributed by atoms with E-state index in [1.807, 2.05) is 0 Å². The van der Waals surface area contributed by atoms with Gasteiger partial charge in [0.1, 0.15) is 0 Å². The highest BCUT2D eigenvalue weighted by Crippen LogP contribution is 2.32. The van der Waals surface area contributed by atoms with Gasteiger partial charge in [-0.05, 0) is 61.6 Å². The number of aromatic amines is 1. The van der Waals surface area contributed by atoms with Crippen LogP contribution in [0.25, 0.3) is 10.9 Å². The molecule has 0 atom stereocenters. The van der Waals surface area contributed by atoms with Crippen molar-refractivity contribution in [2.75, 3.05) is 49.5 Å². The SMILES string of the molecule is Cl.c1cc2c(c(N3CCN(CCCc4c[nH]c5ccccc45)CC3)c1)CCCN2. The largest absolute Gasteiger partial charge is 0.385 e. The molecule has 1 saturated heterocycles. The van der Waals surface area contributed by atoms with Crippen LogP contribution >= 0.6 is 12.4 Å². The minimum atomic E-state index is 0. The first-order valence-electron chi connectivity index (χ1n) is 10.8. The Morgan fingerprint density at radius 1 is 0.931 bits per heavy atom. The summed E-state index contributed by atoms with van der Waals surface area (Å²) in [5, 5.41) is 4.95. The third-order valence-electron chi connectivity index (χ3n) is 6.38. The second-order valence-corrected chi connectivity index (χ2v) is 8.13. The maximum atomic E-state index is 3.57. The quantitative estimate of drug-likeness (QED) is 0.639. The second kappa shape index (κ2) is 9.10. The standard InChI is InChI=1S/C24H30N4.ClH/c1-2-9-22-20(7-1)19(18-26-22)6-5-13-27-14-16-28(17-15-27)24-11-3-10-23-21(24)8-4-12-25-23;/h1-3,7,9-11,18,25-26H,4-6,8,12-17H2;1H. The van der Waals surface area contributed by atoms with Gasteiger partial charge in [-0.2, -0.15) is 0 Å².